The van der Waals surface area contributed by atoms with E-state index in [1.54, 1.807) is 6.07 Å². The van der Waals surface area contributed by atoms with Crippen LogP contribution in [0.5, 0.6) is 17.2 Å². The van der Waals surface area contributed by atoms with Gasteiger partial charge in [-0.3, -0.25) is 0 Å². The third kappa shape index (κ3) is 5.86. The van der Waals surface area contributed by atoms with E-state index in [1.807, 2.05) is 36.4 Å². The van der Waals surface area contributed by atoms with Crippen molar-refractivity contribution in [1.82, 2.24) is 9.13 Å². The number of phenols is 1. The second-order valence-corrected chi connectivity index (χ2v) is 14.9. The quantitative estimate of drug-likeness (QED) is 0.165. The number of ether oxygens (including phenoxy) is 1. The van der Waals surface area contributed by atoms with Gasteiger partial charge in [0.25, 0.3) is 0 Å². The monoisotopic (exact) mass is 754 g/mol. The summed E-state index contributed by atoms with van der Waals surface area (Å²) >= 11 is 0. The van der Waals surface area contributed by atoms with Crippen molar-refractivity contribution in [2.45, 2.75) is 0 Å². The van der Waals surface area contributed by atoms with E-state index in [1.165, 1.54) is 21.5 Å². The first-order chi connectivity index (χ1) is 29.1. The molecule has 0 atom stereocenters. The predicted octanol–water partition coefficient (Wildman–Crippen LogP) is 13.2. The van der Waals surface area contributed by atoms with E-state index in [9.17, 15) is 5.11 Å². The Bertz CT molecular complexity index is 3310. The van der Waals surface area contributed by atoms with Crippen molar-refractivity contribution in [2.24, 2.45) is 0 Å². The number of benzene rings is 9. The van der Waals surface area contributed by atoms with Crippen LogP contribution in [0, 0.1) is 0 Å². The molecule has 5 heteroatoms. The molecule has 1 N–H and O–H groups in total. The summed E-state index contributed by atoms with van der Waals surface area (Å²) in [5.74, 6) is 1.34. The van der Waals surface area contributed by atoms with Gasteiger partial charge in [-0.2, -0.15) is 0 Å². The lowest BCUT2D eigenvalue weighted by atomic mass is 9.94. The molecule has 11 aromatic rings. The number of nitrogens with zero attached hydrogens (tertiary/aromatic N) is 2. The van der Waals surface area contributed by atoms with Crippen LogP contribution in [0.25, 0.3) is 88.4 Å². The maximum Gasteiger partial charge on any atom is 0.128 e. The van der Waals surface area contributed by atoms with E-state index < -0.39 is 0 Å². The first-order valence-corrected chi connectivity index (χ1v) is 19.8. The fourth-order valence-electron chi connectivity index (χ4n) is 8.74. The summed E-state index contributed by atoms with van der Waals surface area (Å²) in [6.07, 6.45) is 0. The number of aromatic nitrogens is 2. The molecule has 59 heavy (non-hydrogen) atoms. The van der Waals surface area contributed by atoms with E-state index in [-0.39, 0.29) is 5.75 Å². The van der Waals surface area contributed by atoms with Crippen LogP contribution in [0.3, 0.4) is 0 Å². The summed E-state index contributed by atoms with van der Waals surface area (Å²) < 4.78 is 11.2. The minimum Gasteiger partial charge on any atom is -0.507 e. The number of fused-ring (bicyclic) bond motifs is 6. The van der Waals surface area contributed by atoms with Crippen molar-refractivity contribution in [2.75, 3.05) is 0 Å². The first-order valence-electron chi connectivity index (χ1n) is 19.8. The summed E-state index contributed by atoms with van der Waals surface area (Å²) in [6.45, 7) is 0. The highest BCUT2D eigenvalue weighted by Gasteiger charge is 2.19. The molecule has 0 bridgehead atoms. The zero-order valence-corrected chi connectivity index (χ0v) is 32.0. The van der Waals surface area contributed by atoms with Gasteiger partial charge in [0.1, 0.15) is 25.1 Å². The maximum atomic E-state index is 11.6. The van der Waals surface area contributed by atoms with Gasteiger partial charge in [-0.15, -0.1) is 0 Å². The van der Waals surface area contributed by atoms with Crippen molar-refractivity contribution in [1.29, 1.82) is 0 Å². The van der Waals surface area contributed by atoms with E-state index in [0.717, 1.165) is 61.3 Å². The zero-order chi connectivity index (χ0) is 39.5. The summed E-state index contributed by atoms with van der Waals surface area (Å²) in [5, 5.41) is 16.5. The molecule has 0 fully saturated rings. The summed E-state index contributed by atoms with van der Waals surface area (Å²) in [4.78, 5) is 0. The molecule has 0 aliphatic carbocycles. The Balaban J connectivity index is 1.08. The highest BCUT2D eigenvalue weighted by atomic mass is 16.5. The largest absolute Gasteiger partial charge is 0.507 e. The smallest absolute Gasteiger partial charge is 0.128 e. The van der Waals surface area contributed by atoms with Gasteiger partial charge in [0.05, 0.1) is 27.8 Å². The van der Waals surface area contributed by atoms with Crippen LogP contribution in [0.4, 0.5) is 0 Å². The van der Waals surface area contributed by atoms with Gasteiger partial charge in [-0.05, 0) is 101 Å². The van der Waals surface area contributed by atoms with Crippen molar-refractivity contribution in [3.63, 3.8) is 0 Å². The molecule has 276 valence electrons. The highest BCUT2D eigenvalue weighted by Crippen LogP contribution is 2.42. The second kappa shape index (κ2) is 14.0. The van der Waals surface area contributed by atoms with Crippen LogP contribution < -0.4 is 10.2 Å². The Labute approximate surface area is 342 Å². The van der Waals surface area contributed by atoms with Gasteiger partial charge in [0, 0.05) is 38.4 Å². The molecule has 0 unspecified atom stereocenters. The van der Waals surface area contributed by atoms with E-state index in [0.29, 0.717) is 22.5 Å². The Morgan fingerprint density at radius 1 is 0.390 bits per heavy atom. The number of rotatable bonds is 7. The Kier molecular flexibility index (Phi) is 8.19. The highest BCUT2D eigenvalue weighted by molar-refractivity contribution is 6.34. The number of phenolic OH excluding ortho intramolecular Hbond substituents is 1. The molecule has 2 aromatic heterocycles. The maximum absolute atomic E-state index is 11.6. The average molecular weight is 755 g/mol. The molecule has 9 aromatic carbocycles. The van der Waals surface area contributed by atoms with Crippen LogP contribution >= 0.6 is 0 Å². The third-order valence-electron chi connectivity index (χ3n) is 11.4. The third-order valence-corrected chi connectivity index (χ3v) is 11.4. The van der Waals surface area contributed by atoms with Crippen LogP contribution in [-0.2, 0) is 0 Å². The lowest BCUT2D eigenvalue weighted by Crippen LogP contribution is -2.05. The lowest BCUT2D eigenvalue weighted by molar-refractivity contribution is 0.477. The fraction of sp³-hybridized carbons (Fsp3) is 0. The molecule has 2 heterocycles. The molecule has 4 nitrogen and oxygen atoms in total. The fourth-order valence-corrected chi connectivity index (χ4v) is 8.74. The minimum atomic E-state index is 0.172. The van der Waals surface area contributed by atoms with Gasteiger partial charge in [0.15, 0.2) is 0 Å². The number of hydrogen-bond donors (Lipinski definition) is 1. The van der Waals surface area contributed by atoms with Gasteiger partial charge < -0.3 is 19.0 Å². The Morgan fingerprint density at radius 3 is 1.56 bits per heavy atom. The molecule has 0 aliphatic rings. The molecule has 0 spiro atoms. The molecular weight excluding hydrogens is 719 g/mol. The summed E-state index contributed by atoms with van der Waals surface area (Å²) in [5.41, 5.74) is 12.7. The molecule has 11 rings (SSSR count). The minimum absolute atomic E-state index is 0.172. The zero-order valence-electron chi connectivity index (χ0n) is 32.0. The van der Waals surface area contributed by atoms with Crippen molar-refractivity contribution in [3.05, 3.63) is 206 Å². The van der Waals surface area contributed by atoms with E-state index in [4.69, 9.17) is 12.6 Å². The van der Waals surface area contributed by atoms with Crippen LogP contribution in [0.15, 0.2) is 206 Å². The summed E-state index contributed by atoms with van der Waals surface area (Å²) in [6, 6.07) is 70.7. The molecular formula is C54H35BN2O2. The van der Waals surface area contributed by atoms with Gasteiger partial charge >= 0.3 is 0 Å². The topological polar surface area (TPSA) is 39.3 Å². The predicted molar refractivity (Wildman–Crippen MR) is 245 cm³/mol. The van der Waals surface area contributed by atoms with E-state index >= 15 is 0 Å². The van der Waals surface area contributed by atoms with Gasteiger partial charge in [-0.1, -0.05) is 133 Å². The van der Waals surface area contributed by atoms with Gasteiger partial charge in [-0.25, -0.2) is 0 Å². The first kappa shape index (κ1) is 34.5. The summed E-state index contributed by atoms with van der Waals surface area (Å²) in [7, 11) is 6.41. The van der Waals surface area contributed by atoms with E-state index in [2.05, 4.69) is 173 Å². The normalized spacial score (nSPS) is 11.5. The molecule has 0 amide bonds. The number of para-hydroxylation sites is 6. The number of hydrogen-bond acceptors (Lipinski definition) is 2. The second-order valence-electron chi connectivity index (χ2n) is 14.9. The molecule has 0 saturated carbocycles. The Hall–Kier alpha value is -7.76. The SMILES string of the molecule is [B]c1ccccc1Oc1cc(-c2cc(-c3cccc(-n4c5ccccc5c5ccccc54)c3)ccc2O)cc(-c2ccccc2-n2c3ccccc3c3ccccc32)c1. The molecule has 0 aliphatic heterocycles. The van der Waals surface area contributed by atoms with Crippen molar-refractivity contribution in [3.8, 4) is 62.0 Å². The van der Waals surface area contributed by atoms with Crippen LogP contribution in [0.2, 0.25) is 0 Å². The molecule has 0 saturated heterocycles. The molecule has 2 radical (unpaired) electrons. The standard InChI is InChI=1S/C54H35BN2O2/c55-47-21-6-12-27-54(47)59-40-32-37(41-16-1-7-22-48(41)57-51-25-10-4-19-44(51)45-20-5-11-26-52(45)57)30-38(33-40)46-34-36(28-29-53(46)58)35-14-13-15-39(31-35)56-49-23-8-2-17-42(49)43-18-3-9-24-50(43)56/h1-34,58H. The Morgan fingerprint density at radius 2 is 0.915 bits per heavy atom. The van der Waals surface area contributed by atoms with Crippen molar-refractivity contribution >= 4 is 56.9 Å². The lowest BCUT2D eigenvalue weighted by Gasteiger charge is -2.18. The van der Waals surface area contributed by atoms with Crippen molar-refractivity contribution < 1.29 is 9.84 Å². The van der Waals surface area contributed by atoms with Crippen LogP contribution in [0.1, 0.15) is 0 Å². The van der Waals surface area contributed by atoms with Crippen LogP contribution in [-0.4, -0.2) is 22.1 Å². The average Bonchev–Trinajstić information content (AvgIpc) is 3.80. The van der Waals surface area contributed by atoms with Gasteiger partial charge in [0.2, 0.25) is 0 Å². The number of aromatic hydroxyl groups is 1.